The number of aromatic amines is 1. The zero-order chi connectivity index (χ0) is 34.2. The third kappa shape index (κ3) is 5.70. The Morgan fingerprint density at radius 3 is 2.57 bits per heavy atom. The highest BCUT2D eigenvalue weighted by atomic mass is 16.6. The number of nitriles is 1. The van der Waals surface area contributed by atoms with Gasteiger partial charge < -0.3 is 14.4 Å². The summed E-state index contributed by atoms with van der Waals surface area (Å²) in [7, 11) is 1.78. The third-order valence-corrected chi connectivity index (χ3v) is 9.35. The number of benzene rings is 4. The molecule has 2 amide bonds. The predicted octanol–water partition coefficient (Wildman–Crippen LogP) is 6.70. The summed E-state index contributed by atoms with van der Waals surface area (Å²) in [5, 5.41) is 29.7. The topological polar surface area (TPSA) is 141 Å². The van der Waals surface area contributed by atoms with E-state index in [-0.39, 0.29) is 24.0 Å². The van der Waals surface area contributed by atoms with Gasteiger partial charge in [-0.15, -0.1) is 0 Å². The number of hydrogen-bond donors (Lipinski definition) is 1. The van der Waals surface area contributed by atoms with Crippen LogP contribution in [-0.2, 0) is 26.6 Å². The number of nitrogens with zero attached hydrogens (tertiary/aromatic N) is 6. The zero-order valence-electron chi connectivity index (χ0n) is 26.9. The van der Waals surface area contributed by atoms with Crippen molar-refractivity contribution in [3.05, 3.63) is 146 Å². The van der Waals surface area contributed by atoms with Gasteiger partial charge in [-0.3, -0.25) is 24.8 Å². The van der Waals surface area contributed by atoms with Crippen LogP contribution in [0.2, 0.25) is 0 Å². The summed E-state index contributed by atoms with van der Waals surface area (Å²) in [6.45, 7) is 2.86. The van der Waals surface area contributed by atoms with Gasteiger partial charge in [0.15, 0.2) is 0 Å². The van der Waals surface area contributed by atoms with Crippen LogP contribution in [0.5, 0.6) is 0 Å². The monoisotopic (exact) mass is 649 g/mol. The van der Waals surface area contributed by atoms with Crippen molar-refractivity contribution < 1.29 is 14.5 Å². The van der Waals surface area contributed by atoms with Crippen LogP contribution in [0.15, 0.2) is 97.2 Å². The van der Waals surface area contributed by atoms with Crippen LogP contribution in [0.4, 0.5) is 11.4 Å². The number of aromatic nitrogens is 3. The zero-order valence-corrected chi connectivity index (χ0v) is 26.9. The highest BCUT2D eigenvalue weighted by molar-refractivity contribution is 6.09. The molecule has 3 heterocycles. The first-order valence-electron chi connectivity index (χ1n) is 15.8. The maximum atomic E-state index is 14.6. The maximum absolute atomic E-state index is 14.6. The van der Waals surface area contributed by atoms with Crippen LogP contribution < -0.4 is 4.90 Å². The molecule has 1 N–H and O–H groups in total. The molecule has 0 spiro atoms. The fraction of sp³-hybridized carbons (Fsp3) is 0.158. The lowest BCUT2D eigenvalue weighted by molar-refractivity contribution is -0.384. The number of fused-ring (bicyclic) bond motifs is 2. The molecule has 1 aliphatic heterocycles. The molecule has 7 rings (SSSR count). The summed E-state index contributed by atoms with van der Waals surface area (Å²) < 4.78 is 1.79. The van der Waals surface area contributed by atoms with Crippen molar-refractivity contribution in [2.45, 2.75) is 26.4 Å². The van der Waals surface area contributed by atoms with Gasteiger partial charge in [0.2, 0.25) is 0 Å². The van der Waals surface area contributed by atoms with Gasteiger partial charge >= 0.3 is 0 Å². The second kappa shape index (κ2) is 12.6. The normalized spacial score (nSPS) is 12.4. The molecule has 0 saturated carbocycles. The van der Waals surface area contributed by atoms with Gasteiger partial charge in [0.1, 0.15) is 0 Å². The Labute approximate surface area is 281 Å². The third-order valence-electron chi connectivity index (χ3n) is 9.35. The Bertz CT molecular complexity index is 2330. The molecule has 0 aliphatic carbocycles. The fourth-order valence-electron chi connectivity index (χ4n) is 6.51. The van der Waals surface area contributed by atoms with Gasteiger partial charge in [-0.05, 0) is 66.4 Å². The molecule has 0 fully saturated rings. The van der Waals surface area contributed by atoms with E-state index in [9.17, 15) is 25.0 Å². The van der Waals surface area contributed by atoms with Crippen LogP contribution in [-0.4, -0.2) is 42.9 Å². The second-order valence-electron chi connectivity index (χ2n) is 12.1. The minimum absolute atomic E-state index is 0.114. The molecule has 2 aromatic heterocycles. The van der Waals surface area contributed by atoms with E-state index in [2.05, 4.69) is 22.3 Å². The van der Waals surface area contributed by atoms with Crippen LogP contribution in [0, 0.1) is 28.4 Å². The maximum Gasteiger partial charge on any atom is 0.270 e. The van der Waals surface area contributed by atoms with Crippen molar-refractivity contribution in [1.29, 1.82) is 5.26 Å². The van der Waals surface area contributed by atoms with Gasteiger partial charge in [0, 0.05) is 65.9 Å². The molecule has 0 atom stereocenters. The quantitative estimate of drug-likeness (QED) is 0.151. The average molecular weight is 650 g/mol. The van der Waals surface area contributed by atoms with Crippen LogP contribution in [0.1, 0.15) is 48.7 Å². The minimum Gasteiger partial charge on any atom is -0.347 e. The molecule has 0 unspecified atom stereocenters. The first kappa shape index (κ1) is 31.1. The summed E-state index contributed by atoms with van der Waals surface area (Å²) in [5.41, 5.74) is 6.70. The van der Waals surface area contributed by atoms with E-state index < -0.39 is 4.92 Å². The van der Waals surface area contributed by atoms with E-state index in [4.69, 9.17) is 0 Å². The summed E-state index contributed by atoms with van der Waals surface area (Å²) in [6.07, 6.45) is 2.41. The first-order chi connectivity index (χ1) is 23.7. The Morgan fingerprint density at radius 2 is 1.78 bits per heavy atom. The van der Waals surface area contributed by atoms with Crippen molar-refractivity contribution in [3.63, 3.8) is 0 Å². The van der Waals surface area contributed by atoms with Crippen LogP contribution in [0.3, 0.4) is 0 Å². The molecule has 1 aliphatic rings. The molecule has 0 bridgehead atoms. The summed E-state index contributed by atoms with van der Waals surface area (Å²) in [5.74, 6) is -0.578. The van der Waals surface area contributed by atoms with Gasteiger partial charge in [0.25, 0.3) is 17.5 Å². The smallest absolute Gasteiger partial charge is 0.270 e. The number of carbonyl (C=O) groups excluding carboxylic acids is 2. The van der Waals surface area contributed by atoms with Crippen molar-refractivity contribution in [2.24, 2.45) is 7.05 Å². The minimum atomic E-state index is -0.489. The van der Waals surface area contributed by atoms with Crippen LogP contribution >= 0.6 is 0 Å². The van der Waals surface area contributed by atoms with E-state index >= 15 is 0 Å². The molecule has 49 heavy (non-hydrogen) atoms. The number of hydrogen-bond acceptors (Lipinski definition) is 6. The summed E-state index contributed by atoms with van der Waals surface area (Å²) in [6, 6.07) is 28.8. The van der Waals surface area contributed by atoms with Crippen LogP contribution in [0.25, 0.3) is 22.2 Å². The largest absolute Gasteiger partial charge is 0.347 e. The molecule has 4 aromatic carbocycles. The molecular weight excluding hydrogens is 618 g/mol. The summed E-state index contributed by atoms with van der Waals surface area (Å²) >= 11 is 0. The van der Waals surface area contributed by atoms with Gasteiger partial charge in [0.05, 0.1) is 40.4 Å². The molecule has 11 heteroatoms. The SMILES string of the molecule is Cc1c(C(=O)N(Cc2ccccc2C#N)c2ccc3cn[nH]c3c2)cc(-c2cc([N+](=O)[O-])ccc2C(=O)N2CCc3ccccc3C2)n1C. The Morgan fingerprint density at radius 1 is 1.00 bits per heavy atom. The number of non-ortho nitro benzene ring substituents is 1. The number of amides is 2. The molecule has 242 valence electrons. The molecule has 6 aromatic rings. The van der Waals surface area contributed by atoms with Crippen molar-refractivity contribution in [1.82, 2.24) is 19.7 Å². The lowest BCUT2D eigenvalue weighted by Gasteiger charge is -2.29. The number of nitro groups is 1. The standard InChI is InChI=1S/C38H31N7O4/c1-24-33(38(47)44(23-29-10-6-4-8-26(29)20-39)30-12-11-27-21-40-41-35(27)18-30)19-36(42(24)2)34-17-31(45(48)49)13-14-32(34)37(46)43-16-15-25-7-3-5-9-28(25)22-43/h3-14,17-19,21H,15-16,22-23H2,1-2H3,(H,40,41). The number of carbonyl (C=O) groups is 2. The van der Waals surface area contributed by atoms with Crippen molar-refractivity contribution >= 4 is 34.1 Å². The van der Waals surface area contributed by atoms with Gasteiger partial charge in [-0.25, -0.2) is 0 Å². The number of anilines is 1. The fourth-order valence-corrected chi connectivity index (χ4v) is 6.51. The Kier molecular flexibility index (Phi) is 7.98. The number of nitrogens with one attached hydrogen (secondary N) is 1. The van der Waals surface area contributed by atoms with E-state index in [1.54, 1.807) is 52.7 Å². The number of nitro benzene ring substituents is 1. The molecule has 0 radical (unpaired) electrons. The van der Waals surface area contributed by atoms with E-state index in [1.807, 2.05) is 48.5 Å². The van der Waals surface area contributed by atoms with Gasteiger partial charge in [-0.1, -0.05) is 42.5 Å². The van der Waals surface area contributed by atoms with E-state index in [1.165, 1.54) is 23.8 Å². The lowest BCUT2D eigenvalue weighted by atomic mass is 9.97. The lowest BCUT2D eigenvalue weighted by Crippen LogP contribution is -2.36. The predicted molar refractivity (Wildman–Crippen MR) is 185 cm³/mol. The number of rotatable bonds is 7. The van der Waals surface area contributed by atoms with Gasteiger partial charge in [-0.2, -0.15) is 10.4 Å². The first-order valence-corrected chi connectivity index (χ1v) is 15.8. The highest BCUT2D eigenvalue weighted by Gasteiger charge is 2.29. The number of H-pyrrole nitrogens is 1. The second-order valence-corrected chi connectivity index (χ2v) is 12.1. The molecular formula is C38H31N7O4. The van der Waals surface area contributed by atoms with E-state index in [0.717, 1.165) is 16.5 Å². The highest BCUT2D eigenvalue weighted by Crippen LogP contribution is 2.34. The molecule has 0 saturated heterocycles. The summed E-state index contributed by atoms with van der Waals surface area (Å²) in [4.78, 5) is 43.5. The van der Waals surface area contributed by atoms with E-state index in [0.29, 0.717) is 64.4 Å². The Hall–Kier alpha value is -6.54. The van der Waals surface area contributed by atoms with Crippen molar-refractivity contribution in [2.75, 3.05) is 11.4 Å². The molecule has 11 nitrogen and oxygen atoms in total. The Balaban J connectivity index is 1.31. The average Bonchev–Trinajstić information content (AvgIpc) is 3.72. The van der Waals surface area contributed by atoms with Crippen molar-refractivity contribution in [3.8, 4) is 17.3 Å².